The lowest BCUT2D eigenvalue weighted by molar-refractivity contribution is 0.0582. The van der Waals surface area contributed by atoms with Crippen LogP contribution in [-0.4, -0.2) is 57.3 Å². The quantitative estimate of drug-likeness (QED) is 0.349. The van der Waals surface area contributed by atoms with Crippen LogP contribution in [0.1, 0.15) is 33.1 Å². The molecule has 0 heterocycles. The summed E-state index contributed by atoms with van der Waals surface area (Å²) < 4.78 is 5.65. The van der Waals surface area contributed by atoms with Gasteiger partial charge in [0.1, 0.15) is 0 Å². The number of guanidine groups is 1. The Labute approximate surface area is 112 Å². The monoisotopic (exact) mass is 258 g/mol. The van der Waals surface area contributed by atoms with Crippen LogP contribution in [0.15, 0.2) is 4.99 Å². The Morgan fingerprint density at radius 2 is 2.11 bits per heavy atom. The number of hydrogen-bond acceptors (Lipinski definition) is 3. The molecule has 108 valence electrons. The van der Waals surface area contributed by atoms with Gasteiger partial charge in [-0.15, -0.1) is 0 Å². The molecule has 0 aromatic heterocycles. The van der Waals surface area contributed by atoms with Crippen LogP contribution in [0.2, 0.25) is 0 Å². The zero-order chi connectivity index (χ0) is 13.8. The van der Waals surface area contributed by atoms with Gasteiger partial charge in [0.05, 0.1) is 12.6 Å². The van der Waals surface area contributed by atoms with Crippen LogP contribution in [0.5, 0.6) is 0 Å². The van der Waals surface area contributed by atoms with Crippen molar-refractivity contribution >= 4 is 5.96 Å². The van der Waals surface area contributed by atoms with Crippen molar-refractivity contribution in [2.24, 2.45) is 10.7 Å². The average Bonchev–Trinajstić information content (AvgIpc) is 2.33. The van der Waals surface area contributed by atoms with Gasteiger partial charge < -0.3 is 20.7 Å². The summed E-state index contributed by atoms with van der Waals surface area (Å²) in [6, 6.07) is 0. The van der Waals surface area contributed by atoms with E-state index in [1.165, 1.54) is 0 Å². The van der Waals surface area contributed by atoms with Crippen molar-refractivity contribution in [1.82, 2.24) is 10.2 Å². The van der Waals surface area contributed by atoms with Crippen molar-refractivity contribution < 1.29 is 4.74 Å². The smallest absolute Gasteiger partial charge is 0.188 e. The SMILES string of the molecule is CCCCNC(N)=NCC(CCN(C)C)OCC. The molecule has 0 aliphatic carbocycles. The molecule has 0 spiro atoms. The predicted octanol–water partition coefficient (Wildman–Crippen LogP) is 1.05. The van der Waals surface area contributed by atoms with Crippen molar-refractivity contribution in [1.29, 1.82) is 0 Å². The number of aliphatic imine (C=N–C) groups is 1. The van der Waals surface area contributed by atoms with E-state index in [0.29, 0.717) is 12.5 Å². The average molecular weight is 258 g/mol. The van der Waals surface area contributed by atoms with Gasteiger partial charge in [0.15, 0.2) is 5.96 Å². The molecule has 0 bridgehead atoms. The molecule has 0 aliphatic heterocycles. The van der Waals surface area contributed by atoms with Crippen molar-refractivity contribution in [2.75, 3.05) is 40.3 Å². The van der Waals surface area contributed by atoms with Gasteiger partial charge >= 0.3 is 0 Å². The lowest BCUT2D eigenvalue weighted by Crippen LogP contribution is -2.34. The lowest BCUT2D eigenvalue weighted by Gasteiger charge is -2.18. The Hall–Kier alpha value is -0.810. The van der Waals surface area contributed by atoms with Gasteiger partial charge in [0, 0.05) is 19.7 Å². The normalized spacial score (nSPS) is 13.9. The fourth-order valence-corrected chi connectivity index (χ4v) is 1.51. The molecule has 0 rings (SSSR count). The first-order chi connectivity index (χ1) is 8.60. The fraction of sp³-hybridized carbons (Fsp3) is 0.923. The fourth-order valence-electron chi connectivity index (χ4n) is 1.51. The number of hydrogen-bond donors (Lipinski definition) is 2. The number of nitrogens with zero attached hydrogens (tertiary/aromatic N) is 2. The molecule has 1 atom stereocenters. The minimum absolute atomic E-state index is 0.156. The molecule has 5 nitrogen and oxygen atoms in total. The summed E-state index contributed by atoms with van der Waals surface area (Å²) in [4.78, 5) is 6.48. The van der Waals surface area contributed by atoms with Crippen molar-refractivity contribution in [3.8, 4) is 0 Å². The number of unbranched alkanes of at least 4 members (excludes halogenated alkanes) is 1. The summed E-state index contributed by atoms with van der Waals surface area (Å²) in [5.41, 5.74) is 5.79. The van der Waals surface area contributed by atoms with Crippen LogP contribution >= 0.6 is 0 Å². The molecule has 0 aromatic rings. The Bertz CT molecular complexity index is 219. The standard InChI is InChI=1S/C13H30N4O/c1-5-7-9-15-13(14)16-11-12(18-6-2)8-10-17(3)4/h12H,5-11H2,1-4H3,(H3,14,15,16). The maximum absolute atomic E-state index is 5.79. The molecule has 0 aliphatic rings. The van der Waals surface area contributed by atoms with Crippen LogP contribution in [0.3, 0.4) is 0 Å². The highest BCUT2D eigenvalue weighted by atomic mass is 16.5. The molecular formula is C13H30N4O. The Balaban J connectivity index is 3.94. The highest BCUT2D eigenvalue weighted by Gasteiger charge is 2.08. The van der Waals surface area contributed by atoms with Gasteiger partial charge in [-0.3, -0.25) is 4.99 Å². The minimum Gasteiger partial charge on any atom is -0.377 e. The van der Waals surface area contributed by atoms with Crippen LogP contribution in [0, 0.1) is 0 Å². The number of nitrogens with one attached hydrogen (secondary N) is 1. The molecule has 0 fully saturated rings. The van der Waals surface area contributed by atoms with E-state index in [4.69, 9.17) is 10.5 Å². The molecule has 5 heteroatoms. The molecule has 18 heavy (non-hydrogen) atoms. The Kier molecular flexibility index (Phi) is 10.8. The highest BCUT2D eigenvalue weighted by Crippen LogP contribution is 2.00. The van der Waals surface area contributed by atoms with E-state index in [2.05, 4.69) is 36.2 Å². The molecule has 0 saturated heterocycles. The third-order valence-corrected chi connectivity index (χ3v) is 2.60. The van der Waals surface area contributed by atoms with Gasteiger partial charge in [0.25, 0.3) is 0 Å². The minimum atomic E-state index is 0.156. The second-order valence-electron chi connectivity index (χ2n) is 4.68. The number of rotatable bonds is 10. The first kappa shape index (κ1) is 17.2. The summed E-state index contributed by atoms with van der Waals surface area (Å²) in [6.45, 7) is 7.41. The second-order valence-corrected chi connectivity index (χ2v) is 4.68. The highest BCUT2D eigenvalue weighted by molar-refractivity contribution is 5.77. The van der Waals surface area contributed by atoms with E-state index in [-0.39, 0.29) is 6.10 Å². The summed E-state index contributed by atoms with van der Waals surface area (Å²) in [6.07, 6.45) is 3.41. The lowest BCUT2D eigenvalue weighted by atomic mass is 10.2. The molecular weight excluding hydrogens is 228 g/mol. The van der Waals surface area contributed by atoms with Gasteiger partial charge in [0.2, 0.25) is 0 Å². The molecule has 0 radical (unpaired) electrons. The summed E-state index contributed by atoms with van der Waals surface area (Å²) in [5.74, 6) is 0.526. The van der Waals surface area contributed by atoms with Crippen molar-refractivity contribution in [3.63, 3.8) is 0 Å². The summed E-state index contributed by atoms with van der Waals surface area (Å²) in [7, 11) is 4.12. The first-order valence-electron chi connectivity index (χ1n) is 6.90. The van der Waals surface area contributed by atoms with Crippen LogP contribution in [0.25, 0.3) is 0 Å². The topological polar surface area (TPSA) is 62.9 Å². The van der Waals surface area contributed by atoms with Gasteiger partial charge in [-0.05, 0) is 33.9 Å². The van der Waals surface area contributed by atoms with Crippen LogP contribution in [0.4, 0.5) is 0 Å². The molecule has 0 amide bonds. The largest absolute Gasteiger partial charge is 0.377 e. The van der Waals surface area contributed by atoms with Crippen LogP contribution < -0.4 is 11.1 Å². The van der Waals surface area contributed by atoms with E-state index >= 15 is 0 Å². The first-order valence-corrected chi connectivity index (χ1v) is 6.90. The Morgan fingerprint density at radius 3 is 2.67 bits per heavy atom. The number of nitrogens with two attached hydrogens (primary N) is 1. The van der Waals surface area contributed by atoms with E-state index in [1.807, 2.05) is 6.92 Å². The van der Waals surface area contributed by atoms with Gasteiger partial charge in [-0.1, -0.05) is 13.3 Å². The zero-order valence-electron chi connectivity index (χ0n) is 12.4. The van der Waals surface area contributed by atoms with Gasteiger partial charge in [-0.2, -0.15) is 0 Å². The molecule has 3 N–H and O–H groups in total. The molecule has 0 aromatic carbocycles. The maximum Gasteiger partial charge on any atom is 0.188 e. The summed E-state index contributed by atoms with van der Waals surface area (Å²) >= 11 is 0. The Morgan fingerprint density at radius 1 is 1.39 bits per heavy atom. The van der Waals surface area contributed by atoms with E-state index in [9.17, 15) is 0 Å². The summed E-state index contributed by atoms with van der Waals surface area (Å²) in [5, 5.41) is 3.11. The van der Waals surface area contributed by atoms with Gasteiger partial charge in [-0.25, -0.2) is 0 Å². The van der Waals surface area contributed by atoms with E-state index in [0.717, 1.165) is 39.0 Å². The third kappa shape index (κ3) is 10.4. The van der Waals surface area contributed by atoms with E-state index in [1.54, 1.807) is 0 Å². The third-order valence-electron chi connectivity index (χ3n) is 2.60. The van der Waals surface area contributed by atoms with E-state index < -0.39 is 0 Å². The second kappa shape index (κ2) is 11.3. The number of ether oxygens (including phenoxy) is 1. The van der Waals surface area contributed by atoms with Crippen LogP contribution in [-0.2, 0) is 4.74 Å². The van der Waals surface area contributed by atoms with Crippen molar-refractivity contribution in [2.45, 2.75) is 39.2 Å². The molecule has 0 saturated carbocycles. The maximum atomic E-state index is 5.79. The zero-order valence-corrected chi connectivity index (χ0v) is 12.4. The molecule has 1 unspecified atom stereocenters. The predicted molar refractivity (Wildman–Crippen MR) is 78.0 cm³/mol. The van der Waals surface area contributed by atoms with Crippen molar-refractivity contribution in [3.05, 3.63) is 0 Å².